The number of carbonyl (C=O) groups is 2. The molecule has 0 bridgehead atoms. The molecule has 5 nitrogen and oxygen atoms in total. The minimum absolute atomic E-state index is 0.285. The molecule has 5 heteroatoms. The summed E-state index contributed by atoms with van der Waals surface area (Å²) in [6, 6.07) is 5.06. The van der Waals surface area contributed by atoms with Crippen LogP contribution in [0.15, 0.2) is 23.8 Å². The second-order valence-electron chi connectivity index (χ2n) is 3.91. The number of hydrogen-bond acceptors (Lipinski definition) is 3. The molecule has 1 aliphatic rings. The second-order valence-corrected chi connectivity index (χ2v) is 3.91. The van der Waals surface area contributed by atoms with Gasteiger partial charge in [0.15, 0.2) is 0 Å². The lowest BCUT2D eigenvalue weighted by Crippen LogP contribution is -2.13. The fraction of sp³-hybridized carbons (Fsp3) is 0.167. The van der Waals surface area contributed by atoms with Crippen molar-refractivity contribution >= 4 is 23.3 Å². The zero-order valence-electron chi connectivity index (χ0n) is 9.15. The molecule has 0 radical (unpaired) electrons. The van der Waals surface area contributed by atoms with Crippen molar-refractivity contribution in [2.45, 2.75) is 13.3 Å². The summed E-state index contributed by atoms with van der Waals surface area (Å²) in [7, 11) is 0. The van der Waals surface area contributed by atoms with Crippen LogP contribution in [0, 0.1) is 6.92 Å². The van der Waals surface area contributed by atoms with E-state index >= 15 is 0 Å². The first-order valence-electron chi connectivity index (χ1n) is 5.05. The lowest BCUT2D eigenvalue weighted by Gasteiger charge is -2.07. The summed E-state index contributed by atoms with van der Waals surface area (Å²) < 4.78 is 0. The fourth-order valence-electron chi connectivity index (χ4n) is 1.74. The molecule has 0 saturated heterocycles. The maximum absolute atomic E-state index is 11.5. The van der Waals surface area contributed by atoms with E-state index < -0.39 is 11.9 Å². The van der Waals surface area contributed by atoms with Crippen molar-refractivity contribution < 1.29 is 19.8 Å². The van der Waals surface area contributed by atoms with E-state index in [0.29, 0.717) is 11.3 Å². The van der Waals surface area contributed by atoms with Crippen molar-refractivity contribution in [2.24, 2.45) is 0 Å². The van der Waals surface area contributed by atoms with Crippen LogP contribution in [-0.2, 0) is 9.59 Å². The van der Waals surface area contributed by atoms with Crippen molar-refractivity contribution in [3.63, 3.8) is 0 Å². The first-order chi connectivity index (χ1) is 7.99. The molecule has 3 N–H and O–H groups in total. The average molecular weight is 233 g/mol. The number of aryl methyl sites for hydroxylation is 1. The van der Waals surface area contributed by atoms with E-state index in [-0.39, 0.29) is 17.8 Å². The molecule has 1 aromatic rings. The molecule has 1 aromatic carbocycles. The first kappa shape index (κ1) is 11.2. The van der Waals surface area contributed by atoms with E-state index in [2.05, 4.69) is 5.32 Å². The monoisotopic (exact) mass is 233 g/mol. The number of aliphatic carboxylic acids is 1. The number of anilines is 1. The van der Waals surface area contributed by atoms with Gasteiger partial charge in [-0.3, -0.25) is 4.79 Å². The van der Waals surface area contributed by atoms with Gasteiger partial charge in [-0.2, -0.15) is 0 Å². The van der Waals surface area contributed by atoms with Crippen molar-refractivity contribution in [2.75, 3.05) is 5.32 Å². The van der Waals surface area contributed by atoms with E-state index in [1.807, 2.05) is 6.92 Å². The van der Waals surface area contributed by atoms with Crippen LogP contribution in [0.2, 0.25) is 0 Å². The summed E-state index contributed by atoms with van der Waals surface area (Å²) in [5.41, 5.74) is 1.35. The predicted octanol–water partition coefficient (Wildman–Crippen LogP) is 1.69. The van der Waals surface area contributed by atoms with Gasteiger partial charge in [-0.15, -0.1) is 0 Å². The molecule has 0 saturated carbocycles. The number of benzene rings is 1. The largest absolute Gasteiger partial charge is 0.507 e. The van der Waals surface area contributed by atoms with Gasteiger partial charge in [-0.1, -0.05) is 11.6 Å². The molecule has 17 heavy (non-hydrogen) atoms. The lowest BCUT2D eigenvalue weighted by molar-refractivity contribution is -0.133. The van der Waals surface area contributed by atoms with E-state index in [4.69, 9.17) is 5.11 Å². The van der Waals surface area contributed by atoms with E-state index in [9.17, 15) is 14.7 Å². The minimum atomic E-state index is -1.29. The van der Waals surface area contributed by atoms with E-state index in [1.54, 1.807) is 18.2 Å². The summed E-state index contributed by atoms with van der Waals surface area (Å²) in [6.45, 7) is 1.82. The number of aliphatic hydroxyl groups excluding tert-OH is 1. The quantitative estimate of drug-likeness (QED) is 0.688. The molecule has 1 aliphatic heterocycles. The van der Waals surface area contributed by atoms with Crippen LogP contribution in [-0.4, -0.2) is 22.1 Å². The summed E-state index contributed by atoms with van der Waals surface area (Å²) in [6.07, 6.45) is -0.338. The number of carboxylic acid groups (broad SMARTS) is 1. The van der Waals surface area contributed by atoms with Crippen molar-refractivity contribution in [3.8, 4) is 0 Å². The van der Waals surface area contributed by atoms with Crippen LogP contribution >= 0.6 is 0 Å². The highest BCUT2D eigenvalue weighted by Crippen LogP contribution is 2.30. The first-order valence-corrected chi connectivity index (χ1v) is 5.05. The van der Waals surface area contributed by atoms with Gasteiger partial charge < -0.3 is 15.5 Å². The zero-order chi connectivity index (χ0) is 12.6. The summed E-state index contributed by atoms with van der Waals surface area (Å²) >= 11 is 0. The third-order valence-electron chi connectivity index (χ3n) is 2.59. The van der Waals surface area contributed by atoms with E-state index in [0.717, 1.165) is 5.56 Å². The van der Waals surface area contributed by atoms with Gasteiger partial charge in [0.1, 0.15) is 5.76 Å². The minimum Gasteiger partial charge on any atom is -0.507 e. The van der Waals surface area contributed by atoms with Crippen molar-refractivity contribution in [1.82, 2.24) is 0 Å². The Kier molecular flexibility index (Phi) is 2.59. The summed E-state index contributed by atoms with van der Waals surface area (Å²) in [5.74, 6) is -2.09. The molecule has 88 valence electrons. The molecule has 0 unspecified atom stereocenters. The Labute approximate surface area is 97.4 Å². The van der Waals surface area contributed by atoms with Crippen LogP contribution in [0.4, 0.5) is 5.69 Å². The maximum Gasteiger partial charge on any atom is 0.335 e. The molecule has 0 fully saturated rings. The Morgan fingerprint density at radius 2 is 2.12 bits per heavy atom. The van der Waals surface area contributed by atoms with Gasteiger partial charge in [0.2, 0.25) is 5.91 Å². The Hall–Kier alpha value is -2.30. The van der Waals surface area contributed by atoms with Crippen molar-refractivity contribution in [1.29, 1.82) is 0 Å². The molecule has 2 rings (SSSR count). The molecule has 1 heterocycles. The molecule has 0 atom stereocenters. The Morgan fingerprint density at radius 3 is 2.76 bits per heavy atom. The van der Waals surface area contributed by atoms with Gasteiger partial charge in [-0.05, 0) is 19.1 Å². The van der Waals surface area contributed by atoms with Gasteiger partial charge >= 0.3 is 5.97 Å². The number of hydrogen-bond donors (Lipinski definition) is 3. The normalized spacial score (nSPS) is 15.0. The number of amides is 1. The zero-order valence-corrected chi connectivity index (χ0v) is 9.15. The topological polar surface area (TPSA) is 86.6 Å². The standard InChI is InChI=1S/C12H11NO4/c1-6-2-3-9-7(4-6)11(15)8(12(16)17)5-10(14)13-9/h2-4,15H,5H2,1H3,(H,13,14)(H,16,17). The average Bonchev–Trinajstić information content (AvgIpc) is 2.38. The number of fused-ring (bicyclic) bond motifs is 1. The lowest BCUT2D eigenvalue weighted by atomic mass is 10.0. The van der Waals surface area contributed by atoms with Gasteiger partial charge in [0, 0.05) is 5.56 Å². The van der Waals surface area contributed by atoms with Crippen LogP contribution < -0.4 is 5.32 Å². The maximum atomic E-state index is 11.5. The highest BCUT2D eigenvalue weighted by molar-refractivity contribution is 6.07. The number of rotatable bonds is 1. The third-order valence-corrected chi connectivity index (χ3v) is 2.59. The van der Waals surface area contributed by atoms with Gasteiger partial charge in [0.25, 0.3) is 0 Å². The highest BCUT2D eigenvalue weighted by atomic mass is 16.4. The predicted molar refractivity (Wildman–Crippen MR) is 61.6 cm³/mol. The van der Waals surface area contributed by atoms with Gasteiger partial charge in [-0.25, -0.2) is 4.79 Å². The Bertz CT molecular complexity index is 545. The Balaban J connectivity index is 2.67. The van der Waals surface area contributed by atoms with E-state index in [1.165, 1.54) is 0 Å². The van der Waals surface area contributed by atoms with Crippen LogP contribution in [0.3, 0.4) is 0 Å². The molecule has 0 aliphatic carbocycles. The highest BCUT2D eigenvalue weighted by Gasteiger charge is 2.25. The molecule has 1 amide bonds. The van der Waals surface area contributed by atoms with Crippen LogP contribution in [0.25, 0.3) is 5.76 Å². The third kappa shape index (κ3) is 1.99. The second kappa shape index (κ2) is 3.93. The molecular weight excluding hydrogens is 222 g/mol. The summed E-state index contributed by atoms with van der Waals surface area (Å²) in [5, 5.41) is 21.4. The van der Waals surface area contributed by atoms with Crippen molar-refractivity contribution in [3.05, 3.63) is 34.9 Å². The Morgan fingerprint density at radius 1 is 1.41 bits per heavy atom. The van der Waals surface area contributed by atoms with Gasteiger partial charge in [0.05, 0.1) is 17.7 Å². The molecular formula is C12H11NO4. The summed E-state index contributed by atoms with van der Waals surface area (Å²) in [4.78, 5) is 22.4. The smallest absolute Gasteiger partial charge is 0.335 e. The number of carbonyl (C=O) groups excluding carboxylic acids is 1. The number of nitrogens with one attached hydrogen (secondary N) is 1. The fourth-order valence-corrected chi connectivity index (χ4v) is 1.74. The molecule has 0 spiro atoms. The molecule has 0 aromatic heterocycles. The number of aliphatic hydroxyl groups is 1. The van der Waals surface area contributed by atoms with Crippen LogP contribution in [0.5, 0.6) is 0 Å². The number of carboxylic acids is 1. The van der Waals surface area contributed by atoms with Crippen LogP contribution in [0.1, 0.15) is 17.5 Å². The SMILES string of the molecule is Cc1ccc2c(c1)C(O)=C(C(=O)O)CC(=O)N2.